The Morgan fingerprint density at radius 3 is 2.31 bits per heavy atom. The Labute approximate surface area is 251 Å². The maximum absolute atomic E-state index is 13.0. The quantitative estimate of drug-likeness (QED) is 0.274. The zero-order valence-electron chi connectivity index (χ0n) is 27.0. The molecule has 2 aliphatic heterocycles. The number of aliphatic hydroxyl groups is 2. The minimum absolute atomic E-state index is 0.193. The van der Waals surface area contributed by atoms with Crippen molar-refractivity contribution in [2.24, 2.45) is 0 Å². The van der Waals surface area contributed by atoms with E-state index in [9.17, 15) is 19.8 Å². The third-order valence-electron chi connectivity index (χ3n) is 6.96. The van der Waals surface area contributed by atoms with Gasteiger partial charge in [0.1, 0.15) is 5.76 Å². The molecule has 0 saturated heterocycles. The van der Waals surface area contributed by atoms with E-state index in [-0.39, 0.29) is 25.1 Å². The van der Waals surface area contributed by atoms with Crippen LogP contribution in [0.3, 0.4) is 0 Å². The average molecular weight is 596 g/mol. The third kappa shape index (κ3) is 11.8. The summed E-state index contributed by atoms with van der Waals surface area (Å²) in [7, 11) is 2.92. The molecule has 10 heteroatoms. The molecule has 42 heavy (non-hydrogen) atoms. The van der Waals surface area contributed by atoms with E-state index < -0.39 is 23.8 Å². The summed E-state index contributed by atoms with van der Waals surface area (Å²) in [5.41, 5.74) is 1.33. The number of hydrogen-bond acceptors (Lipinski definition) is 10. The van der Waals surface area contributed by atoms with E-state index in [4.69, 9.17) is 18.9 Å². The van der Waals surface area contributed by atoms with Crippen LogP contribution in [-0.4, -0.2) is 85.5 Å². The molecule has 3 rings (SSSR count). The van der Waals surface area contributed by atoms with E-state index in [1.807, 2.05) is 32.9 Å². The number of rotatable bonds is 11. The molecule has 0 aromatic heterocycles. The van der Waals surface area contributed by atoms with Crippen LogP contribution in [0.1, 0.15) is 91.2 Å². The summed E-state index contributed by atoms with van der Waals surface area (Å²) in [5.74, 6) is 0.816. The number of allylic oxidation sites excluding steroid dienone is 1. The number of carbonyl (C=O) groups is 2. The highest BCUT2D eigenvalue weighted by molar-refractivity contribution is 5.74. The van der Waals surface area contributed by atoms with E-state index in [2.05, 4.69) is 16.6 Å². The summed E-state index contributed by atoms with van der Waals surface area (Å²) in [6.45, 7) is 15.5. The number of hydrogen-bond donors (Lipinski definition) is 2. The fraction of sp³-hybridized carbons (Fsp3) is 0.688. The summed E-state index contributed by atoms with van der Waals surface area (Å²) < 4.78 is 27.0. The molecular formula is C32H53NO9. The predicted molar refractivity (Wildman–Crippen MR) is 162 cm³/mol. The summed E-state index contributed by atoms with van der Waals surface area (Å²) in [5, 5.41) is 20.5. The maximum atomic E-state index is 13.0. The number of nitrogens with zero attached hydrogens (tertiary/aromatic N) is 1. The number of ether oxygens (including phenoxy) is 5. The summed E-state index contributed by atoms with van der Waals surface area (Å²) in [6, 6.07) is 4.04. The van der Waals surface area contributed by atoms with Crippen molar-refractivity contribution in [1.82, 2.24) is 4.90 Å². The average Bonchev–Trinajstić information content (AvgIpc) is 3.34. The highest BCUT2D eigenvalue weighted by Crippen LogP contribution is 2.41. The van der Waals surface area contributed by atoms with Crippen molar-refractivity contribution in [2.75, 3.05) is 40.6 Å². The first kappa shape index (κ1) is 37.2. The second kappa shape index (κ2) is 18.7. The summed E-state index contributed by atoms with van der Waals surface area (Å²) >= 11 is 0. The molecule has 0 radical (unpaired) electrons. The van der Waals surface area contributed by atoms with Gasteiger partial charge in [0.25, 0.3) is 0 Å². The molecule has 1 aromatic rings. The molecule has 0 fully saturated rings. The smallest absolute Gasteiger partial charge is 0.335 e. The Morgan fingerprint density at radius 2 is 1.79 bits per heavy atom. The Balaban J connectivity index is 0.00000114. The van der Waals surface area contributed by atoms with E-state index in [1.165, 1.54) is 14.0 Å². The number of methoxy groups -OCH3 is 2. The van der Waals surface area contributed by atoms with E-state index >= 15 is 0 Å². The minimum atomic E-state index is -1.27. The molecule has 0 bridgehead atoms. The van der Waals surface area contributed by atoms with Gasteiger partial charge in [0, 0.05) is 25.9 Å². The first-order chi connectivity index (χ1) is 19.9. The van der Waals surface area contributed by atoms with Crippen molar-refractivity contribution in [2.45, 2.75) is 104 Å². The molecule has 240 valence electrons. The molecule has 1 aromatic carbocycles. The molecule has 10 nitrogen and oxygen atoms in total. The van der Waals surface area contributed by atoms with Gasteiger partial charge in [-0.3, -0.25) is 4.79 Å². The van der Waals surface area contributed by atoms with Crippen LogP contribution < -0.4 is 9.47 Å². The Bertz CT molecular complexity index is 1000. The predicted octanol–water partition coefficient (Wildman–Crippen LogP) is 4.74. The monoisotopic (exact) mass is 595 g/mol. The largest absolute Gasteiger partial charge is 0.497 e. The van der Waals surface area contributed by atoms with Crippen molar-refractivity contribution >= 4 is 11.9 Å². The van der Waals surface area contributed by atoms with Crippen LogP contribution in [0.5, 0.6) is 11.5 Å². The molecule has 0 amide bonds. The lowest BCUT2D eigenvalue weighted by Crippen LogP contribution is -2.39. The SMILES string of the molecule is C/C=C(/OC)C(OC(=O)C(O)CCCC(C)(C)O)C1CN(CCC)CCc2cc3c(cc21)OCO3.CC.COC(C)=O. The van der Waals surface area contributed by atoms with Crippen molar-refractivity contribution in [3.63, 3.8) is 0 Å². The fourth-order valence-electron chi connectivity index (χ4n) is 4.87. The molecule has 0 spiro atoms. The van der Waals surface area contributed by atoms with Crippen LogP contribution in [0.25, 0.3) is 0 Å². The van der Waals surface area contributed by atoms with Crippen molar-refractivity contribution in [3.8, 4) is 11.5 Å². The van der Waals surface area contributed by atoms with Gasteiger partial charge in [-0.1, -0.05) is 20.8 Å². The number of fused-ring (bicyclic) bond motifs is 2. The normalized spacial score (nSPS) is 17.7. The molecule has 0 aliphatic carbocycles. The van der Waals surface area contributed by atoms with Gasteiger partial charge in [0.05, 0.1) is 19.8 Å². The molecule has 2 aliphatic rings. The van der Waals surface area contributed by atoms with Crippen LogP contribution >= 0.6 is 0 Å². The number of aliphatic hydroxyl groups excluding tert-OH is 1. The van der Waals surface area contributed by atoms with Gasteiger partial charge >= 0.3 is 11.9 Å². The Hall–Kier alpha value is -2.82. The van der Waals surface area contributed by atoms with Gasteiger partial charge in [-0.25, -0.2) is 4.79 Å². The highest BCUT2D eigenvalue weighted by atomic mass is 16.7. The number of benzene rings is 1. The zero-order chi connectivity index (χ0) is 31.9. The highest BCUT2D eigenvalue weighted by Gasteiger charge is 2.37. The topological polar surface area (TPSA) is 124 Å². The van der Waals surface area contributed by atoms with Crippen molar-refractivity contribution in [3.05, 3.63) is 35.1 Å². The van der Waals surface area contributed by atoms with Gasteiger partial charge in [-0.05, 0) is 88.8 Å². The van der Waals surface area contributed by atoms with E-state index in [0.717, 1.165) is 42.8 Å². The van der Waals surface area contributed by atoms with Gasteiger partial charge in [-0.2, -0.15) is 0 Å². The molecule has 2 N–H and O–H groups in total. The van der Waals surface area contributed by atoms with Gasteiger partial charge in [0.2, 0.25) is 6.79 Å². The van der Waals surface area contributed by atoms with Crippen LogP contribution in [-0.2, 0) is 30.2 Å². The first-order valence-corrected chi connectivity index (χ1v) is 14.9. The second-order valence-corrected chi connectivity index (χ2v) is 10.7. The summed E-state index contributed by atoms with van der Waals surface area (Å²) in [6.07, 6.45) is 2.88. The standard InChI is InChI=1S/C27H41NO7.C3H6O2.C2H6/c1-6-12-28-13-10-18-14-23-24(34-17-33-23)15-19(18)20(16-28)25(22(7-2)32-5)35-26(30)21(29)9-8-11-27(3,4)31;1-3(4)5-2;1-2/h7,14-15,20-21,25,29,31H,6,8-13,16-17H2,1-5H3;1-2H3;1-2H3/b22-7+;;. The van der Waals surface area contributed by atoms with Crippen molar-refractivity contribution < 1.29 is 43.5 Å². The Morgan fingerprint density at radius 1 is 1.17 bits per heavy atom. The van der Waals surface area contributed by atoms with Crippen LogP contribution in [0, 0.1) is 0 Å². The molecule has 0 saturated carbocycles. The van der Waals surface area contributed by atoms with Crippen LogP contribution in [0.15, 0.2) is 24.0 Å². The minimum Gasteiger partial charge on any atom is -0.497 e. The third-order valence-corrected chi connectivity index (χ3v) is 6.96. The maximum Gasteiger partial charge on any atom is 0.335 e. The van der Waals surface area contributed by atoms with E-state index in [0.29, 0.717) is 30.9 Å². The second-order valence-electron chi connectivity index (χ2n) is 10.7. The lowest BCUT2D eigenvalue weighted by Gasteiger charge is -2.32. The number of esters is 2. The first-order valence-electron chi connectivity index (χ1n) is 14.9. The van der Waals surface area contributed by atoms with Gasteiger partial charge in [-0.15, -0.1) is 0 Å². The lowest BCUT2D eigenvalue weighted by atomic mass is 9.87. The fourth-order valence-corrected chi connectivity index (χ4v) is 4.87. The molecular weight excluding hydrogens is 542 g/mol. The molecule has 3 atom stereocenters. The lowest BCUT2D eigenvalue weighted by molar-refractivity contribution is -0.161. The van der Waals surface area contributed by atoms with Crippen LogP contribution in [0.4, 0.5) is 0 Å². The van der Waals surface area contributed by atoms with E-state index in [1.54, 1.807) is 27.0 Å². The Kier molecular flexibility index (Phi) is 16.5. The van der Waals surface area contributed by atoms with Gasteiger partial charge < -0.3 is 38.8 Å². The van der Waals surface area contributed by atoms with Crippen LogP contribution in [0.2, 0.25) is 0 Å². The summed E-state index contributed by atoms with van der Waals surface area (Å²) in [4.78, 5) is 25.0. The zero-order valence-corrected chi connectivity index (χ0v) is 27.0. The molecule has 2 heterocycles. The molecule has 3 unspecified atom stereocenters. The van der Waals surface area contributed by atoms with Crippen molar-refractivity contribution in [1.29, 1.82) is 0 Å². The number of carbonyl (C=O) groups excluding carboxylic acids is 2. The van der Waals surface area contributed by atoms with Gasteiger partial charge in [0.15, 0.2) is 23.7 Å².